The number of hydrogen-bond acceptors (Lipinski definition) is 5. The van der Waals surface area contributed by atoms with Crippen molar-refractivity contribution in [2.45, 2.75) is 38.1 Å². The molecule has 0 radical (unpaired) electrons. The maximum Gasteiger partial charge on any atom is 0.226 e. The number of nitrogens with zero attached hydrogens (tertiary/aromatic N) is 1. The first kappa shape index (κ1) is 20.0. The molecule has 26 heavy (non-hydrogen) atoms. The van der Waals surface area contributed by atoms with Gasteiger partial charge in [-0.1, -0.05) is 12.1 Å². The van der Waals surface area contributed by atoms with E-state index < -0.39 is 0 Å². The first-order chi connectivity index (χ1) is 12.7. The van der Waals surface area contributed by atoms with Crippen LogP contribution in [0.5, 0.6) is 11.5 Å². The van der Waals surface area contributed by atoms with Gasteiger partial charge in [0.05, 0.1) is 20.1 Å². The van der Waals surface area contributed by atoms with E-state index in [-0.39, 0.29) is 17.9 Å². The number of rotatable bonds is 9. The minimum Gasteiger partial charge on any atom is -0.493 e. The SMILES string of the molecule is COc1ccccc1OCCC(=O)N1CCCCC1CNC(=O)CCN. The summed E-state index contributed by atoms with van der Waals surface area (Å²) in [5.74, 6) is 1.27. The standard InChI is InChI=1S/C19H29N3O4/c1-25-16-7-2-3-8-17(16)26-13-10-19(24)22-12-5-4-6-15(22)14-21-18(23)9-11-20/h2-3,7-8,15H,4-6,9-14,20H2,1H3,(H,21,23). The Morgan fingerprint density at radius 1 is 1.23 bits per heavy atom. The van der Waals surface area contributed by atoms with Crippen molar-refractivity contribution in [2.75, 3.05) is 33.4 Å². The van der Waals surface area contributed by atoms with Gasteiger partial charge in [-0.3, -0.25) is 9.59 Å². The third-order valence-corrected chi connectivity index (χ3v) is 4.50. The van der Waals surface area contributed by atoms with E-state index in [0.29, 0.717) is 44.0 Å². The van der Waals surface area contributed by atoms with E-state index in [2.05, 4.69) is 5.32 Å². The van der Waals surface area contributed by atoms with Crippen LogP contribution < -0.4 is 20.5 Å². The first-order valence-corrected chi connectivity index (χ1v) is 9.17. The smallest absolute Gasteiger partial charge is 0.226 e. The van der Waals surface area contributed by atoms with Crippen molar-refractivity contribution in [3.8, 4) is 11.5 Å². The number of piperidine rings is 1. The summed E-state index contributed by atoms with van der Waals surface area (Å²) in [5, 5.41) is 2.87. The Bertz CT molecular complexity index is 594. The zero-order chi connectivity index (χ0) is 18.8. The van der Waals surface area contributed by atoms with E-state index in [1.54, 1.807) is 7.11 Å². The van der Waals surface area contributed by atoms with Crippen LogP contribution in [0.4, 0.5) is 0 Å². The van der Waals surface area contributed by atoms with E-state index in [9.17, 15) is 9.59 Å². The molecule has 1 aromatic rings. The van der Waals surface area contributed by atoms with Crippen molar-refractivity contribution in [3.63, 3.8) is 0 Å². The second-order valence-corrected chi connectivity index (χ2v) is 6.33. The number of amides is 2. The number of carbonyl (C=O) groups is 2. The molecular formula is C19H29N3O4. The topological polar surface area (TPSA) is 93.9 Å². The summed E-state index contributed by atoms with van der Waals surface area (Å²) in [7, 11) is 1.59. The van der Waals surface area contributed by atoms with Gasteiger partial charge in [0.15, 0.2) is 11.5 Å². The summed E-state index contributed by atoms with van der Waals surface area (Å²) < 4.78 is 10.9. The number of carbonyl (C=O) groups excluding carboxylic acids is 2. The maximum atomic E-state index is 12.6. The van der Waals surface area contributed by atoms with Crippen molar-refractivity contribution < 1.29 is 19.1 Å². The van der Waals surface area contributed by atoms with Gasteiger partial charge in [-0.2, -0.15) is 0 Å². The number of methoxy groups -OCH3 is 1. The van der Waals surface area contributed by atoms with Gasteiger partial charge in [-0.05, 0) is 31.4 Å². The number of likely N-dealkylation sites (tertiary alicyclic amines) is 1. The molecule has 144 valence electrons. The fourth-order valence-electron chi connectivity index (χ4n) is 3.12. The van der Waals surface area contributed by atoms with Crippen LogP contribution in [0.2, 0.25) is 0 Å². The highest BCUT2D eigenvalue weighted by Gasteiger charge is 2.26. The van der Waals surface area contributed by atoms with Gasteiger partial charge in [0.2, 0.25) is 11.8 Å². The molecule has 0 bridgehead atoms. The maximum absolute atomic E-state index is 12.6. The molecule has 0 spiro atoms. The molecule has 1 heterocycles. The van der Waals surface area contributed by atoms with Crippen molar-refractivity contribution in [2.24, 2.45) is 5.73 Å². The fourth-order valence-corrected chi connectivity index (χ4v) is 3.12. The Morgan fingerprint density at radius 2 is 2.00 bits per heavy atom. The quantitative estimate of drug-likeness (QED) is 0.690. The number of nitrogens with one attached hydrogen (secondary N) is 1. The van der Waals surface area contributed by atoms with Crippen LogP contribution in [-0.4, -0.2) is 56.1 Å². The van der Waals surface area contributed by atoms with Crippen LogP contribution in [-0.2, 0) is 9.59 Å². The number of benzene rings is 1. The van der Waals surface area contributed by atoms with Gasteiger partial charge in [0, 0.05) is 32.1 Å². The molecule has 1 aliphatic heterocycles. The molecule has 2 amide bonds. The molecule has 1 unspecified atom stereocenters. The average molecular weight is 363 g/mol. The van der Waals surface area contributed by atoms with Crippen LogP contribution in [0, 0.1) is 0 Å². The summed E-state index contributed by atoms with van der Waals surface area (Å²) in [5.41, 5.74) is 5.39. The molecule has 7 nitrogen and oxygen atoms in total. The largest absolute Gasteiger partial charge is 0.493 e. The van der Waals surface area contributed by atoms with Crippen molar-refractivity contribution in [1.29, 1.82) is 0 Å². The molecule has 0 saturated carbocycles. The molecule has 0 aromatic heterocycles. The Hall–Kier alpha value is -2.28. The lowest BCUT2D eigenvalue weighted by molar-refractivity contribution is -0.136. The lowest BCUT2D eigenvalue weighted by Crippen LogP contribution is -2.49. The second kappa shape index (κ2) is 10.7. The van der Waals surface area contributed by atoms with Gasteiger partial charge in [-0.15, -0.1) is 0 Å². The van der Waals surface area contributed by atoms with Crippen molar-refractivity contribution >= 4 is 11.8 Å². The molecule has 7 heteroatoms. The molecule has 1 atom stereocenters. The van der Waals surface area contributed by atoms with Crippen LogP contribution in [0.3, 0.4) is 0 Å². The number of para-hydroxylation sites is 2. The highest BCUT2D eigenvalue weighted by molar-refractivity contribution is 5.78. The highest BCUT2D eigenvalue weighted by Crippen LogP contribution is 2.26. The van der Waals surface area contributed by atoms with Gasteiger partial charge >= 0.3 is 0 Å². The molecule has 1 fully saturated rings. The van der Waals surface area contributed by atoms with Crippen LogP contribution in [0.15, 0.2) is 24.3 Å². The number of nitrogens with two attached hydrogens (primary N) is 1. The summed E-state index contributed by atoms with van der Waals surface area (Å²) in [6.45, 7) is 1.84. The van der Waals surface area contributed by atoms with E-state index in [1.807, 2.05) is 29.2 Å². The van der Waals surface area contributed by atoms with E-state index >= 15 is 0 Å². The van der Waals surface area contributed by atoms with E-state index in [4.69, 9.17) is 15.2 Å². The molecule has 3 N–H and O–H groups in total. The van der Waals surface area contributed by atoms with Gasteiger partial charge in [0.1, 0.15) is 0 Å². The molecule has 2 rings (SSSR count). The molecular weight excluding hydrogens is 334 g/mol. The third kappa shape index (κ3) is 5.91. The normalized spacial score (nSPS) is 16.8. The summed E-state index contributed by atoms with van der Waals surface area (Å²) >= 11 is 0. The Morgan fingerprint density at radius 3 is 2.73 bits per heavy atom. The highest BCUT2D eigenvalue weighted by atomic mass is 16.5. The van der Waals surface area contributed by atoms with Crippen molar-refractivity contribution in [1.82, 2.24) is 10.2 Å². The Balaban J connectivity index is 1.82. The zero-order valence-electron chi connectivity index (χ0n) is 15.4. The van der Waals surface area contributed by atoms with Crippen LogP contribution in [0.25, 0.3) is 0 Å². The second-order valence-electron chi connectivity index (χ2n) is 6.33. The Labute approximate surface area is 154 Å². The van der Waals surface area contributed by atoms with E-state index in [1.165, 1.54) is 0 Å². The van der Waals surface area contributed by atoms with Crippen LogP contribution >= 0.6 is 0 Å². The van der Waals surface area contributed by atoms with Crippen molar-refractivity contribution in [3.05, 3.63) is 24.3 Å². The molecule has 1 aliphatic rings. The van der Waals surface area contributed by atoms with Gasteiger partial charge < -0.3 is 25.4 Å². The summed E-state index contributed by atoms with van der Waals surface area (Å²) in [6, 6.07) is 7.42. The Kier molecular flexibility index (Phi) is 8.21. The van der Waals surface area contributed by atoms with Gasteiger partial charge in [-0.25, -0.2) is 0 Å². The molecule has 1 saturated heterocycles. The first-order valence-electron chi connectivity index (χ1n) is 9.17. The average Bonchev–Trinajstić information content (AvgIpc) is 2.67. The zero-order valence-corrected chi connectivity index (χ0v) is 15.4. The predicted octanol–water partition coefficient (Wildman–Crippen LogP) is 1.31. The molecule has 0 aliphatic carbocycles. The third-order valence-electron chi connectivity index (χ3n) is 4.50. The minimum absolute atomic E-state index is 0.0456. The predicted molar refractivity (Wildman–Crippen MR) is 99.1 cm³/mol. The summed E-state index contributed by atoms with van der Waals surface area (Å²) in [6.07, 6.45) is 3.58. The van der Waals surface area contributed by atoms with Gasteiger partial charge in [0.25, 0.3) is 0 Å². The molecule has 1 aromatic carbocycles. The lowest BCUT2D eigenvalue weighted by atomic mass is 10.0. The van der Waals surface area contributed by atoms with Crippen LogP contribution in [0.1, 0.15) is 32.1 Å². The fraction of sp³-hybridized carbons (Fsp3) is 0.579. The lowest BCUT2D eigenvalue weighted by Gasteiger charge is -2.36. The minimum atomic E-state index is -0.0648. The number of hydrogen-bond donors (Lipinski definition) is 2. The summed E-state index contributed by atoms with van der Waals surface area (Å²) in [4.78, 5) is 26.1. The van der Waals surface area contributed by atoms with E-state index in [0.717, 1.165) is 25.8 Å². The monoisotopic (exact) mass is 363 g/mol. The number of ether oxygens (including phenoxy) is 2.